The van der Waals surface area contributed by atoms with E-state index in [0.717, 1.165) is 30.0 Å². The molecule has 0 N–H and O–H groups in total. The molecule has 0 aliphatic carbocycles. The first-order chi connectivity index (χ1) is 17.5. The van der Waals surface area contributed by atoms with Gasteiger partial charge in [-0.25, -0.2) is 0 Å². The van der Waals surface area contributed by atoms with Crippen LogP contribution < -0.4 is 4.74 Å². The van der Waals surface area contributed by atoms with Gasteiger partial charge >= 0.3 is 0 Å². The third-order valence-electron chi connectivity index (χ3n) is 7.37. The molecule has 0 bridgehead atoms. The maximum atomic E-state index is 13.2. The maximum Gasteiger partial charge on any atom is 0.253 e. The normalized spacial score (nSPS) is 16.1. The summed E-state index contributed by atoms with van der Waals surface area (Å²) in [5, 5.41) is 2.03. The van der Waals surface area contributed by atoms with Crippen LogP contribution in [0.15, 0.2) is 72.9 Å². The molecule has 0 atom stereocenters. The molecule has 1 fully saturated rings. The number of benzene rings is 3. The van der Waals surface area contributed by atoms with Gasteiger partial charge in [-0.1, -0.05) is 41.9 Å². The third kappa shape index (κ3) is 4.40. The number of ether oxygens (including phenoxy) is 1. The number of rotatable bonds is 4. The SMILES string of the molecule is O=C1COc2ccc(C(=O)N3CCC(c4cn(Cc5cccc(Cl)c5)c5ccccc45)CC3)cc2C1. The number of carbonyl (C=O) groups excluding carboxylic acids is 2. The number of ketones is 1. The Bertz CT molecular complexity index is 1470. The number of Topliss-reactive ketones (excluding diaryl/α,β-unsaturated/α-hetero) is 1. The van der Waals surface area contributed by atoms with Crippen molar-refractivity contribution < 1.29 is 14.3 Å². The number of hydrogen-bond acceptors (Lipinski definition) is 3. The molecule has 3 heterocycles. The van der Waals surface area contributed by atoms with Gasteiger partial charge in [0.2, 0.25) is 0 Å². The van der Waals surface area contributed by atoms with Crippen LogP contribution in [0.4, 0.5) is 0 Å². The van der Waals surface area contributed by atoms with Gasteiger partial charge in [-0.2, -0.15) is 0 Å². The van der Waals surface area contributed by atoms with Crippen LogP contribution in [0.2, 0.25) is 5.02 Å². The number of hydrogen-bond donors (Lipinski definition) is 0. The molecule has 2 aliphatic rings. The first-order valence-electron chi connectivity index (χ1n) is 12.4. The molecule has 6 heteroatoms. The fourth-order valence-corrected chi connectivity index (χ4v) is 5.77. The van der Waals surface area contributed by atoms with Gasteiger partial charge in [0.1, 0.15) is 12.4 Å². The lowest BCUT2D eigenvalue weighted by molar-refractivity contribution is -0.121. The van der Waals surface area contributed by atoms with Crippen LogP contribution in [0.5, 0.6) is 5.75 Å². The van der Waals surface area contributed by atoms with Crippen LogP contribution in [-0.4, -0.2) is 40.9 Å². The second-order valence-corrected chi connectivity index (χ2v) is 10.2. The zero-order valence-corrected chi connectivity index (χ0v) is 20.7. The third-order valence-corrected chi connectivity index (χ3v) is 7.60. The summed E-state index contributed by atoms with van der Waals surface area (Å²) in [4.78, 5) is 26.9. The van der Waals surface area contributed by atoms with Gasteiger partial charge < -0.3 is 14.2 Å². The van der Waals surface area contributed by atoms with E-state index in [-0.39, 0.29) is 18.3 Å². The molecule has 0 unspecified atom stereocenters. The van der Waals surface area contributed by atoms with Crippen molar-refractivity contribution in [2.24, 2.45) is 0 Å². The highest BCUT2D eigenvalue weighted by atomic mass is 35.5. The van der Waals surface area contributed by atoms with Gasteiger partial charge in [-0.05, 0) is 66.3 Å². The highest BCUT2D eigenvalue weighted by Gasteiger charge is 2.28. The minimum absolute atomic E-state index is 0.0256. The molecular formula is C30H27ClN2O3. The van der Waals surface area contributed by atoms with Gasteiger partial charge in [0.25, 0.3) is 5.91 Å². The van der Waals surface area contributed by atoms with E-state index in [0.29, 0.717) is 36.7 Å². The maximum absolute atomic E-state index is 13.2. The van der Waals surface area contributed by atoms with Crippen molar-refractivity contribution in [1.82, 2.24) is 9.47 Å². The standard InChI is InChI=1S/C30H27ClN2O3/c31-24-5-3-4-20(14-24)17-33-18-27(26-6-1-2-7-28(26)33)21-10-12-32(13-11-21)30(35)22-8-9-29-23(15-22)16-25(34)19-36-29/h1-9,14-15,18,21H,10-13,16-17,19H2. The van der Waals surface area contributed by atoms with Crippen LogP contribution in [-0.2, 0) is 17.8 Å². The van der Waals surface area contributed by atoms with Gasteiger partial charge in [0, 0.05) is 59.3 Å². The molecule has 5 nitrogen and oxygen atoms in total. The first kappa shape index (κ1) is 22.9. The van der Waals surface area contributed by atoms with Crippen molar-refractivity contribution >= 4 is 34.2 Å². The molecule has 6 rings (SSSR count). The second kappa shape index (κ2) is 9.47. The largest absolute Gasteiger partial charge is 0.486 e. The van der Waals surface area contributed by atoms with E-state index in [9.17, 15) is 9.59 Å². The molecule has 1 amide bonds. The lowest BCUT2D eigenvalue weighted by atomic mass is 9.89. The number of amides is 1. The molecule has 0 saturated carbocycles. The Hall–Kier alpha value is -3.57. The van der Waals surface area contributed by atoms with Crippen molar-refractivity contribution in [2.45, 2.75) is 31.7 Å². The smallest absolute Gasteiger partial charge is 0.253 e. The Morgan fingerprint density at radius 2 is 1.83 bits per heavy atom. The van der Waals surface area contributed by atoms with Crippen molar-refractivity contribution in [2.75, 3.05) is 19.7 Å². The van der Waals surface area contributed by atoms with Crippen molar-refractivity contribution in [3.8, 4) is 5.75 Å². The van der Waals surface area contributed by atoms with E-state index in [1.807, 2.05) is 41.3 Å². The molecule has 0 radical (unpaired) electrons. The summed E-state index contributed by atoms with van der Waals surface area (Å²) in [6, 6.07) is 22.0. The van der Waals surface area contributed by atoms with E-state index in [1.165, 1.54) is 22.0 Å². The van der Waals surface area contributed by atoms with Crippen LogP contribution >= 0.6 is 11.6 Å². The minimum Gasteiger partial charge on any atom is -0.486 e. The molecule has 36 heavy (non-hydrogen) atoms. The molecule has 2 aliphatic heterocycles. The number of piperidine rings is 1. The molecular weight excluding hydrogens is 472 g/mol. The monoisotopic (exact) mass is 498 g/mol. The Labute approximate surface area is 215 Å². The van der Waals surface area contributed by atoms with E-state index in [2.05, 4.69) is 41.1 Å². The molecule has 0 spiro atoms. The number of fused-ring (bicyclic) bond motifs is 2. The minimum atomic E-state index is 0.0256. The summed E-state index contributed by atoms with van der Waals surface area (Å²) in [5.41, 5.74) is 5.18. The number of nitrogens with zero attached hydrogens (tertiary/aromatic N) is 2. The number of aromatic nitrogens is 1. The van der Waals surface area contributed by atoms with E-state index < -0.39 is 0 Å². The van der Waals surface area contributed by atoms with E-state index in [4.69, 9.17) is 16.3 Å². The topological polar surface area (TPSA) is 51.5 Å². The Morgan fingerprint density at radius 3 is 2.67 bits per heavy atom. The number of para-hydroxylation sites is 1. The van der Waals surface area contributed by atoms with Crippen molar-refractivity contribution in [3.63, 3.8) is 0 Å². The average molecular weight is 499 g/mol. The molecule has 1 aromatic heterocycles. The summed E-state index contributed by atoms with van der Waals surface area (Å²) >= 11 is 6.22. The van der Waals surface area contributed by atoms with Crippen LogP contribution in [0, 0.1) is 0 Å². The van der Waals surface area contributed by atoms with Crippen molar-refractivity contribution in [1.29, 1.82) is 0 Å². The van der Waals surface area contributed by atoms with E-state index >= 15 is 0 Å². The second-order valence-electron chi connectivity index (χ2n) is 9.75. The van der Waals surface area contributed by atoms with Crippen LogP contribution in [0.25, 0.3) is 10.9 Å². The molecule has 1 saturated heterocycles. The summed E-state index contributed by atoms with van der Waals surface area (Å²) in [6.45, 7) is 2.31. The van der Waals surface area contributed by atoms with Crippen LogP contribution in [0.1, 0.15) is 45.8 Å². The number of likely N-dealkylation sites (tertiary alicyclic amines) is 1. The Morgan fingerprint density at radius 1 is 1.00 bits per heavy atom. The highest BCUT2D eigenvalue weighted by Crippen LogP contribution is 2.35. The predicted octanol–water partition coefficient (Wildman–Crippen LogP) is 5.87. The van der Waals surface area contributed by atoms with Crippen molar-refractivity contribution in [3.05, 3.63) is 100 Å². The van der Waals surface area contributed by atoms with E-state index in [1.54, 1.807) is 0 Å². The van der Waals surface area contributed by atoms with Crippen LogP contribution in [0.3, 0.4) is 0 Å². The molecule has 3 aromatic carbocycles. The zero-order valence-electron chi connectivity index (χ0n) is 20.0. The van der Waals surface area contributed by atoms with Gasteiger partial charge in [0.15, 0.2) is 5.78 Å². The first-order valence-corrected chi connectivity index (χ1v) is 12.8. The fourth-order valence-electron chi connectivity index (χ4n) is 5.55. The predicted molar refractivity (Wildman–Crippen MR) is 141 cm³/mol. The summed E-state index contributed by atoms with van der Waals surface area (Å²) in [7, 11) is 0. The number of carbonyl (C=O) groups is 2. The molecule has 4 aromatic rings. The fraction of sp³-hybridized carbons (Fsp3) is 0.267. The number of halogens is 1. The highest BCUT2D eigenvalue weighted by molar-refractivity contribution is 6.30. The lowest BCUT2D eigenvalue weighted by Crippen LogP contribution is -2.38. The Balaban J connectivity index is 1.19. The quantitative estimate of drug-likeness (QED) is 0.354. The molecule has 182 valence electrons. The Kier molecular flexibility index (Phi) is 6.02. The summed E-state index contributed by atoms with van der Waals surface area (Å²) < 4.78 is 7.79. The average Bonchev–Trinajstić information content (AvgIpc) is 3.26. The lowest BCUT2D eigenvalue weighted by Gasteiger charge is -2.32. The zero-order chi connectivity index (χ0) is 24.6. The summed E-state index contributed by atoms with van der Waals surface area (Å²) in [6.07, 6.45) is 4.46. The van der Waals surface area contributed by atoms with Gasteiger partial charge in [0.05, 0.1) is 0 Å². The summed E-state index contributed by atoms with van der Waals surface area (Å²) in [5.74, 6) is 1.17. The van der Waals surface area contributed by atoms with Gasteiger partial charge in [-0.3, -0.25) is 9.59 Å². The van der Waals surface area contributed by atoms with Gasteiger partial charge in [-0.15, -0.1) is 0 Å².